The molecule has 0 spiro atoms. The number of nitrogens with zero attached hydrogens (tertiary/aromatic N) is 4. The summed E-state index contributed by atoms with van der Waals surface area (Å²) in [6.07, 6.45) is 5.46. The minimum absolute atomic E-state index is 0.0309. The van der Waals surface area contributed by atoms with Gasteiger partial charge in [0.2, 0.25) is 0 Å². The third-order valence-corrected chi connectivity index (χ3v) is 2.41. The largest absolute Gasteiger partial charge is 0.306 e. The van der Waals surface area contributed by atoms with Crippen LogP contribution in [0.2, 0.25) is 0 Å². The van der Waals surface area contributed by atoms with Crippen molar-refractivity contribution >= 4 is 0 Å². The van der Waals surface area contributed by atoms with E-state index in [2.05, 4.69) is 52.6 Å². The normalized spacial score (nSPS) is 11.9. The molecule has 0 unspecified atom stereocenters. The van der Waals surface area contributed by atoms with Crippen molar-refractivity contribution in [3.63, 3.8) is 0 Å². The quantitative estimate of drug-likeness (QED) is 0.829. The van der Waals surface area contributed by atoms with Crippen LogP contribution in [-0.2, 0) is 18.6 Å². The van der Waals surface area contributed by atoms with E-state index < -0.39 is 0 Å². The summed E-state index contributed by atoms with van der Waals surface area (Å²) in [6, 6.07) is 0. The van der Waals surface area contributed by atoms with E-state index >= 15 is 0 Å². The van der Waals surface area contributed by atoms with Gasteiger partial charge in [0.1, 0.15) is 12.2 Å². The summed E-state index contributed by atoms with van der Waals surface area (Å²) in [5.74, 6) is 0.841. The number of hydrogen-bond donors (Lipinski definition) is 2. The molecule has 17 heavy (non-hydrogen) atoms. The fraction of sp³-hybridized carbons (Fsp3) is 0.545. The Morgan fingerprint density at radius 2 is 2.18 bits per heavy atom. The first-order chi connectivity index (χ1) is 8.05. The zero-order chi connectivity index (χ0) is 12.3. The van der Waals surface area contributed by atoms with Gasteiger partial charge in [0.15, 0.2) is 0 Å². The van der Waals surface area contributed by atoms with Crippen molar-refractivity contribution < 1.29 is 0 Å². The van der Waals surface area contributed by atoms with E-state index in [4.69, 9.17) is 0 Å². The van der Waals surface area contributed by atoms with Crippen molar-refractivity contribution in [2.24, 2.45) is 0 Å². The molecule has 6 heteroatoms. The number of aromatic amines is 1. The summed E-state index contributed by atoms with van der Waals surface area (Å²) in [7, 11) is 0. The predicted octanol–water partition coefficient (Wildman–Crippen LogP) is 1.05. The molecule has 2 aromatic heterocycles. The van der Waals surface area contributed by atoms with Crippen molar-refractivity contribution in [2.45, 2.75) is 39.4 Å². The molecule has 2 aromatic rings. The topological polar surface area (TPSA) is 71.4 Å². The lowest BCUT2D eigenvalue weighted by atomic mass is 10.1. The Kier molecular flexibility index (Phi) is 3.23. The Balaban J connectivity index is 1.85. The highest BCUT2D eigenvalue weighted by Gasteiger charge is 2.13. The van der Waals surface area contributed by atoms with Gasteiger partial charge >= 0.3 is 0 Å². The molecule has 92 valence electrons. The van der Waals surface area contributed by atoms with E-state index in [1.165, 1.54) is 11.9 Å². The molecule has 0 saturated carbocycles. The predicted molar refractivity (Wildman–Crippen MR) is 64.1 cm³/mol. The maximum absolute atomic E-state index is 4.34. The molecule has 2 rings (SSSR count). The fourth-order valence-electron chi connectivity index (χ4n) is 1.46. The zero-order valence-electron chi connectivity index (χ0n) is 10.4. The van der Waals surface area contributed by atoms with Gasteiger partial charge in [-0.15, -0.1) is 0 Å². The highest BCUT2D eigenvalue weighted by molar-refractivity contribution is 5.04. The van der Waals surface area contributed by atoms with E-state index in [9.17, 15) is 0 Å². The van der Waals surface area contributed by atoms with Crippen LogP contribution in [0.25, 0.3) is 0 Å². The van der Waals surface area contributed by atoms with Crippen molar-refractivity contribution in [1.29, 1.82) is 0 Å². The minimum Gasteiger partial charge on any atom is -0.306 e. The molecule has 0 aliphatic rings. The summed E-state index contributed by atoms with van der Waals surface area (Å²) in [4.78, 5) is 4.04. The molecule has 2 heterocycles. The van der Waals surface area contributed by atoms with E-state index in [0.717, 1.165) is 12.4 Å². The van der Waals surface area contributed by atoms with Gasteiger partial charge in [-0.1, -0.05) is 0 Å². The molecular formula is C11H18N6. The SMILES string of the molecule is CC(C)(C)n1cc(CNCc2ncn[nH]2)cn1. The highest BCUT2D eigenvalue weighted by atomic mass is 15.3. The van der Waals surface area contributed by atoms with Crippen LogP contribution in [-0.4, -0.2) is 25.0 Å². The first-order valence-electron chi connectivity index (χ1n) is 5.65. The number of hydrogen-bond acceptors (Lipinski definition) is 4. The van der Waals surface area contributed by atoms with Crippen molar-refractivity contribution in [2.75, 3.05) is 0 Å². The van der Waals surface area contributed by atoms with E-state index in [1.807, 2.05) is 10.9 Å². The van der Waals surface area contributed by atoms with Gasteiger partial charge in [-0.05, 0) is 20.8 Å². The molecular weight excluding hydrogens is 216 g/mol. The maximum atomic E-state index is 4.34. The van der Waals surface area contributed by atoms with E-state index in [1.54, 1.807) is 0 Å². The van der Waals surface area contributed by atoms with Crippen molar-refractivity contribution in [3.8, 4) is 0 Å². The second-order valence-corrected chi connectivity index (χ2v) is 5.00. The second kappa shape index (κ2) is 4.67. The zero-order valence-corrected chi connectivity index (χ0v) is 10.4. The third-order valence-electron chi connectivity index (χ3n) is 2.41. The number of aromatic nitrogens is 5. The average molecular weight is 234 g/mol. The molecule has 0 aliphatic heterocycles. The minimum atomic E-state index is 0.0309. The van der Waals surface area contributed by atoms with Crippen LogP contribution in [0.15, 0.2) is 18.7 Å². The third kappa shape index (κ3) is 3.13. The number of H-pyrrole nitrogens is 1. The van der Waals surface area contributed by atoms with E-state index in [0.29, 0.717) is 6.54 Å². The van der Waals surface area contributed by atoms with Crippen LogP contribution in [0, 0.1) is 0 Å². The number of nitrogens with one attached hydrogen (secondary N) is 2. The lowest BCUT2D eigenvalue weighted by Crippen LogP contribution is -2.22. The molecule has 0 aromatic carbocycles. The summed E-state index contributed by atoms with van der Waals surface area (Å²) >= 11 is 0. The Labute approximate surface area is 100 Å². The first-order valence-corrected chi connectivity index (χ1v) is 5.65. The van der Waals surface area contributed by atoms with Gasteiger partial charge < -0.3 is 5.32 Å². The van der Waals surface area contributed by atoms with Gasteiger partial charge in [0.25, 0.3) is 0 Å². The van der Waals surface area contributed by atoms with Crippen molar-refractivity contribution in [1.82, 2.24) is 30.3 Å². The Hall–Kier alpha value is -1.69. The van der Waals surface area contributed by atoms with Gasteiger partial charge in [-0.25, -0.2) is 4.98 Å². The first kappa shape index (κ1) is 11.8. The standard InChI is InChI=1S/C11H18N6/c1-11(2,3)17-7-9(5-15-17)4-12-6-10-13-8-14-16-10/h5,7-8,12H,4,6H2,1-3H3,(H,13,14,16). The van der Waals surface area contributed by atoms with Crippen LogP contribution in [0.3, 0.4) is 0 Å². The Morgan fingerprint density at radius 1 is 1.35 bits per heavy atom. The van der Waals surface area contributed by atoms with Gasteiger partial charge in [-0.2, -0.15) is 10.2 Å². The van der Waals surface area contributed by atoms with Crippen LogP contribution in [0.1, 0.15) is 32.2 Å². The van der Waals surface area contributed by atoms with Crippen molar-refractivity contribution in [3.05, 3.63) is 30.1 Å². The van der Waals surface area contributed by atoms with Crippen LogP contribution in [0.4, 0.5) is 0 Å². The lowest BCUT2D eigenvalue weighted by Gasteiger charge is -2.18. The lowest BCUT2D eigenvalue weighted by molar-refractivity contribution is 0.355. The Morgan fingerprint density at radius 3 is 2.76 bits per heavy atom. The highest BCUT2D eigenvalue weighted by Crippen LogP contribution is 2.12. The van der Waals surface area contributed by atoms with Crippen LogP contribution >= 0.6 is 0 Å². The molecule has 0 amide bonds. The summed E-state index contributed by atoms with van der Waals surface area (Å²) in [5, 5.41) is 14.2. The van der Waals surface area contributed by atoms with Crippen LogP contribution < -0.4 is 5.32 Å². The fourth-order valence-corrected chi connectivity index (χ4v) is 1.46. The van der Waals surface area contributed by atoms with Gasteiger partial charge in [0, 0.05) is 18.3 Å². The molecule has 0 saturated heterocycles. The molecule has 2 N–H and O–H groups in total. The van der Waals surface area contributed by atoms with E-state index in [-0.39, 0.29) is 5.54 Å². The molecule has 0 atom stereocenters. The monoisotopic (exact) mass is 234 g/mol. The summed E-state index contributed by atoms with van der Waals surface area (Å²) < 4.78 is 1.97. The molecule has 0 radical (unpaired) electrons. The molecule has 0 aliphatic carbocycles. The molecule has 0 fully saturated rings. The van der Waals surface area contributed by atoms with Gasteiger partial charge in [-0.3, -0.25) is 9.78 Å². The average Bonchev–Trinajstić information content (AvgIpc) is 2.86. The maximum Gasteiger partial charge on any atom is 0.138 e. The summed E-state index contributed by atoms with van der Waals surface area (Å²) in [6.45, 7) is 7.85. The second-order valence-electron chi connectivity index (χ2n) is 5.00. The van der Waals surface area contributed by atoms with Gasteiger partial charge in [0.05, 0.1) is 18.3 Å². The molecule has 0 bridgehead atoms. The number of rotatable bonds is 4. The molecule has 6 nitrogen and oxygen atoms in total. The smallest absolute Gasteiger partial charge is 0.138 e. The summed E-state index contributed by atoms with van der Waals surface area (Å²) in [5.41, 5.74) is 1.20. The Bertz CT molecular complexity index is 451. The van der Waals surface area contributed by atoms with Crippen LogP contribution in [0.5, 0.6) is 0 Å².